The number of hydrogen-bond acceptors (Lipinski definition) is 3. The van der Waals surface area contributed by atoms with E-state index in [2.05, 4.69) is 5.32 Å². The molecule has 1 fully saturated rings. The van der Waals surface area contributed by atoms with Crippen LogP contribution in [0.2, 0.25) is 0 Å². The molecule has 0 heterocycles. The number of carbonyl (C=O) groups excluding carboxylic acids is 1. The first-order valence-corrected chi connectivity index (χ1v) is 7.29. The van der Waals surface area contributed by atoms with Crippen LogP contribution in [0.25, 0.3) is 0 Å². The third kappa shape index (κ3) is 4.53. The molecule has 4 heteroatoms. The molecule has 1 aromatic rings. The van der Waals surface area contributed by atoms with Gasteiger partial charge in [-0.3, -0.25) is 4.79 Å². The predicted octanol–water partition coefficient (Wildman–Crippen LogP) is 2.04. The molecule has 1 aliphatic carbocycles. The van der Waals surface area contributed by atoms with Crippen LogP contribution in [0, 0.1) is 12.8 Å². The molecule has 0 saturated heterocycles. The molecule has 0 radical (unpaired) electrons. The second-order valence-electron chi connectivity index (χ2n) is 5.52. The summed E-state index contributed by atoms with van der Waals surface area (Å²) in [7, 11) is 0. The van der Waals surface area contributed by atoms with E-state index in [1.807, 2.05) is 31.2 Å². The normalized spacial score (nSPS) is 22.3. The van der Waals surface area contributed by atoms with Crippen molar-refractivity contribution in [2.45, 2.75) is 38.7 Å². The molecule has 0 aliphatic heterocycles. The fraction of sp³-hybridized carbons (Fsp3) is 0.562. The summed E-state index contributed by atoms with van der Waals surface area (Å²) in [6.07, 6.45) is 3.78. The number of hydrogen-bond donors (Lipinski definition) is 2. The molecule has 2 unspecified atom stereocenters. The molecule has 0 bridgehead atoms. The van der Waals surface area contributed by atoms with Gasteiger partial charge in [0.2, 0.25) is 0 Å². The Bertz CT molecular complexity index is 430. The third-order valence-corrected chi connectivity index (χ3v) is 3.82. The minimum atomic E-state index is -0.276. The quantitative estimate of drug-likeness (QED) is 0.866. The Labute approximate surface area is 120 Å². The zero-order valence-corrected chi connectivity index (χ0v) is 12.0. The molecule has 1 saturated carbocycles. The monoisotopic (exact) mass is 277 g/mol. The average molecular weight is 277 g/mol. The number of carbonyl (C=O) groups is 1. The zero-order chi connectivity index (χ0) is 14.4. The van der Waals surface area contributed by atoms with E-state index in [-0.39, 0.29) is 24.5 Å². The van der Waals surface area contributed by atoms with Gasteiger partial charge in [0.05, 0.1) is 6.10 Å². The first kappa shape index (κ1) is 14.9. The lowest BCUT2D eigenvalue weighted by Crippen LogP contribution is -2.38. The summed E-state index contributed by atoms with van der Waals surface area (Å²) in [5.41, 5.74) is 1.16. The van der Waals surface area contributed by atoms with Crippen LogP contribution in [0.3, 0.4) is 0 Å². The van der Waals surface area contributed by atoms with E-state index in [0.29, 0.717) is 12.3 Å². The molecule has 2 N–H and O–H groups in total. The smallest absolute Gasteiger partial charge is 0.257 e. The van der Waals surface area contributed by atoms with Gasteiger partial charge in [-0.2, -0.15) is 0 Å². The maximum absolute atomic E-state index is 11.7. The summed E-state index contributed by atoms with van der Waals surface area (Å²) >= 11 is 0. The van der Waals surface area contributed by atoms with Gasteiger partial charge in [-0.25, -0.2) is 0 Å². The van der Waals surface area contributed by atoms with E-state index in [4.69, 9.17) is 4.74 Å². The van der Waals surface area contributed by atoms with Crippen molar-refractivity contribution in [3.63, 3.8) is 0 Å². The van der Waals surface area contributed by atoms with Gasteiger partial charge >= 0.3 is 0 Å². The molecular weight excluding hydrogens is 254 g/mol. The van der Waals surface area contributed by atoms with Gasteiger partial charge in [-0.05, 0) is 31.9 Å². The van der Waals surface area contributed by atoms with Gasteiger partial charge in [0, 0.05) is 12.5 Å². The number of aryl methyl sites for hydroxylation is 1. The Hall–Kier alpha value is -1.55. The van der Waals surface area contributed by atoms with E-state index in [9.17, 15) is 9.90 Å². The lowest BCUT2D eigenvalue weighted by atomic mass is 9.86. The Morgan fingerprint density at radius 2 is 2.00 bits per heavy atom. The highest BCUT2D eigenvalue weighted by Crippen LogP contribution is 2.23. The van der Waals surface area contributed by atoms with Crippen molar-refractivity contribution in [3.8, 4) is 5.75 Å². The maximum atomic E-state index is 11.7. The Morgan fingerprint density at radius 1 is 1.30 bits per heavy atom. The molecule has 1 aromatic carbocycles. The fourth-order valence-electron chi connectivity index (χ4n) is 2.51. The predicted molar refractivity (Wildman–Crippen MR) is 77.6 cm³/mol. The number of rotatable bonds is 5. The van der Waals surface area contributed by atoms with Crippen LogP contribution in [0.5, 0.6) is 5.75 Å². The highest BCUT2D eigenvalue weighted by molar-refractivity contribution is 5.77. The van der Waals surface area contributed by atoms with Gasteiger partial charge in [-0.1, -0.05) is 30.5 Å². The molecule has 110 valence electrons. The summed E-state index contributed by atoms with van der Waals surface area (Å²) in [6, 6.07) is 7.61. The minimum Gasteiger partial charge on any atom is -0.484 e. The number of nitrogens with one attached hydrogen (secondary N) is 1. The van der Waals surface area contributed by atoms with Gasteiger partial charge < -0.3 is 15.2 Å². The van der Waals surface area contributed by atoms with E-state index in [1.54, 1.807) is 0 Å². The number of aliphatic hydroxyl groups excluding tert-OH is 1. The van der Waals surface area contributed by atoms with E-state index < -0.39 is 0 Å². The third-order valence-electron chi connectivity index (χ3n) is 3.82. The van der Waals surface area contributed by atoms with Crippen molar-refractivity contribution in [1.82, 2.24) is 5.32 Å². The Balaban J connectivity index is 1.68. The van der Waals surface area contributed by atoms with Crippen molar-refractivity contribution < 1.29 is 14.6 Å². The molecule has 0 spiro atoms. The first-order valence-electron chi connectivity index (χ1n) is 7.29. The molecule has 1 amide bonds. The second-order valence-corrected chi connectivity index (χ2v) is 5.52. The van der Waals surface area contributed by atoms with Gasteiger partial charge in [0.1, 0.15) is 5.75 Å². The molecule has 2 rings (SSSR count). The van der Waals surface area contributed by atoms with Crippen molar-refractivity contribution in [2.75, 3.05) is 13.2 Å². The lowest BCUT2D eigenvalue weighted by molar-refractivity contribution is -0.123. The van der Waals surface area contributed by atoms with E-state index in [0.717, 1.165) is 31.2 Å². The van der Waals surface area contributed by atoms with Crippen LogP contribution in [0.4, 0.5) is 0 Å². The molecule has 2 atom stereocenters. The summed E-state index contributed by atoms with van der Waals surface area (Å²) < 4.78 is 5.41. The number of amides is 1. The number of ether oxygens (including phenoxy) is 1. The van der Waals surface area contributed by atoms with Crippen LogP contribution in [-0.4, -0.2) is 30.3 Å². The largest absolute Gasteiger partial charge is 0.484 e. The minimum absolute atomic E-state index is 0.0197. The molecule has 0 aromatic heterocycles. The number of aliphatic hydroxyl groups is 1. The van der Waals surface area contributed by atoms with E-state index >= 15 is 0 Å². The van der Waals surface area contributed by atoms with Crippen LogP contribution in [0.1, 0.15) is 31.2 Å². The highest BCUT2D eigenvalue weighted by atomic mass is 16.5. The lowest BCUT2D eigenvalue weighted by Gasteiger charge is -2.27. The Kier molecular flexibility index (Phi) is 5.41. The molecule has 4 nitrogen and oxygen atoms in total. The second kappa shape index (κ2) is 7.29. The summed E-state index contributed by atoms with van der Waals surface area (Å²) in [5.74, 6) is 0.749. The van der Waals surface area contributed by atoms with E-state index in [1.165, 1.54) is 0 Å². The molecule has 20 heavy (non-hydrogen) atoms. The van der Waals surface area contributed by atoms with Crippen LogP contribution < -0.4 is 10.1 Å². The van der Waals surface area contributed by atoms with Crippen molar-refractivity contribution in [1.29, 1.82) is 0 Å². The van der Waals surface area contributed by atoms with Crippen LogP contribution in [-0.2, 0) is 4.79 Å². The standard InChI is InChI=1S/C16H23NO3/c1-12-6-8-14(9-7-12)20-11-16(19)17-10-13-4-2-3-5-15(13)18/h6-9,13,15,18H,2-5,10-11H2,1H3,(H,17,19). The van der Waals surface area contributed by atoms with Crippen molar-refractivity contribution in [3.05, 3.63) is 29.8 Å². The maximum Gasteiger partial charge on any atom is 0.257 e. The van der Waals surface area contributed by atoms with Gasteiger partial charge in [-0.15, -0.1) is 0 Å². The molecular formula is C16H23NO3. The topological polar surface area (TPSA) is 58.6 Å². The fourth-order valence-corrected chi connectivity index (χ4v) is 2.51. The van der Waals surface area contributed by atoms with Crippen molar-refractivity contribution in [2.24, 2.45) is 5.92 Å². The summed E-state index contributed by atoms with van der Waals surface area (Å²) in [6.45, 7) is 2.56. The van der Waals surface area contributed by atoms with Crippen LogP contribution >= 0.6 is 0 Å². The SMILES string of the molecule is Cc1ccc(OCC(=O)NCC2CCCCC2O)cc1. The zero-order valence-electron chi connectivity index (χ0n) is 12.0. The van der Waals surface area contributed by atoms with Crippen molar-refractivity contribution >= 4 is 5.91 Å². The molecule has 1 aliphatic rings. The number of benzene rings is 1. The average Bonchev–Trinajstić information content (AvgIpc) is 2.46. The summed E-state index contributed by atoms with van der Waals surface area (Å²) in [5, 5.41) is 12.7. The summed E-state index contributed by atoms with van der Waals surface area (Å²) in [4.78, 5) is 11.7. The van der Waals surface area contributed by atoms with Gasteiger partial charge in [0.25, 0.3) is 5.91 Å². The first-order chi connectivity index (χ1) is 9.65. The highest BCUT2D eigenvalue weighted by Gasteiger charge is 2.23. The van der Waals surface area contributed by atoms with Gasteiger partial charge in [0.15, 0.2) is 6.61 Å². The Morgan fingerprint density at radius 3 is 2.70 bits per heavy atom. The van der Waals surface area contributed by atoms with Crippen LogP contribution in [0.15, 0.2) is 24.3 Å².